The van der Waals surface area contributed by atoms with Gasteiger partial charge in [-0.05, 0) is 92.1 Å². The zero-order valence-corrected chi connectivity index (χ0v) is 23.5. The number of fused-ring (bicyclic) bond motifs is 1. The Bertz CT molecular complexity index is 1330. The molecule has 8 heteroatoms. The molecule has 2 aliphatic carbocycles. The third kappa shape index (κ3) is 5.86. The maximum atomic E-state index is 13.3. The highest BCUT2D eigenvalue weighted by atomic mass is 16.5. The van der Waals surface area contributed by atoms with Gasteiger partial charge in [0.15, 0.2) is 19.0 Å². The molecular weight excluding hydrogens is 520 g/mol. The summed E-state index contributed by atoms with van der Waals surface area (Å²) in [7, 11) is 0. The maximum Gasteiger partial charge on any atom is 0.323 e. The zero-order valence-electron chi connectivity index (χ0n) is 23.5. The van der Waals surface area contributed by atoms with Crippen LogP contribution < -0.4 is 10.6 Å². The summed E-state index contributed by atoms with van der Waals surface area (Å²) in [4.78, 5) is 50.6. The van der Waals surface area contributed by atoms with Crippen LogP contribution in [0.5, 0.6) is 0 Å². The van der Waals surface area contributed by atoms with Crippen LogP contribution in [0.25, 0.3) is 11.1 Å². The summed E-state index contributed by atoms with van der Waals surface area (Å²) >= 11 is 0. The van der Waals surface area contributed by atoms with E-state index in [1.165, 1.54) is 18.4 Å². The van der Waals surface area contributed by atoms with Crippen LogP contribution in [0.3, 0.4) is 0 Å². The highest BCUT2D eigenvalue weighted by Gasteiger charge is 2.42. The second-order valence-electron chi connectivity index (χ2n) is 12.1. The van der Waals surface area contributed by atoms with Crippen LogP contribution in [0.4, 0.5) is 0 Å². The molecule has 216 valence electrons. The summed E-state index contributed by atoms with van der Waals surface area (Å²) in [6.45, 7) is 1.08. The average Bonchev–Trinajstić information content (AvgIpc) is 3.82. The Morgan fingerprint density at radius 3 is 1.88 bits per heavy atom. The number of nitrogens with one attached hydrogen (secondary N) is 2. The number of esters is 2. The molecule has 1 spiro atoms. The molecule has 0 bridgehead atoms. The normalized spacial score (nSPS) is 22.5. The van der Waals surface area contributed by atoms with Gasteiger partial charge in [0.2, 0.25) is 5.78 Å². The van der Waals surface area contributed by atoms with Crippen LogP contribution >= 0.6 is 0 Å². The quantitative estimate of drug-likeness (QED) is 0.352. The standard InChI is InChI=1S/C33H38N2O6/c36-29(19-40-31(38)27-5-3-15-34-27)22-9-7-21(8-10-22)23-11-12-24(26-18-33(17-25(23)26)13-1-2-14-33)30(37)20-41-32(39)28-6-4-16-35-28/h7-12,27-28,34-35H,1-6,13-20H2/t27-,28-/m0/s1. The van der Waals surface area contributed by atoms with Gasteiger partial charge in [0.25, 0.3) is 0 Å². The minimum Gasteiger partial charge on any atom is -0.456 e. The van der Waals surface area contributed by atoms with E-state index in [2.05, 4.69) is 10.6 Å². The summed E-state index contributed by atoms with van der Waals surface area (Å²) < 4.78 is 10.7. The Morgan fingerprint density at radius 2 is 1.29 bits per heavy atom. The summed E-state index contributed by atoms with van der Waals surface area (Å²) in [6, 6.07) is 10.7. The first-order valence-corrected chi connectivity index (χ1v) is 15.0. The Morgan fingerprint density at radius 1 is 0.707 bits per heavy atom. The van der Waals surface area contributed by atoms with Gasteiger partial charge < -0.3 is 20.1 Å². The van der Waals surface area contributed by atoms with Gasteiger partial charge in [-0.3, -0.25) is 19.2 Å². The van der Waals surface area contributed by atoms with Crippen molar-refractivity contribution in [2.75, 3.05) is 26.3 Å². The first-order chi connectivity index (χ1) is 19.9. The second-order valence-corrected chi connectivity index (χ2v) is 12.1. The van der Waals surface area contributed by atoms with Crippen LogP contribution in [0, 0.1) is 5.41 Å². The molecule has 6 rings (SSSR count). The molecule has 2 N–H and O–H groups in total. The fourth-order valence-corrected chi connectivity index (χ4v) is 7.16. The van der Waals surface area contributed by atoms with Crippen molar-refractivity contribution in [2.24, 2.45) is 5.41 Å². The Labute approximate surface area is 240 Å². The van der Waals surface area contributed by atoms with Crippen molar-refractivity contribution in [2.45, 2.75) is 76.3 Å². The van der Waals surface area contributed by atoms with Crippen LogP contribution in [0.2, 0.25) is 0 Å². The van der Waals surface area contributed by atoms with Gasteiger partial charge in [0.1, 0.15) is 12.1 Å². The molecule has 8 nitrogen and oxygen atoms in total. The lowest BCUT2D eigenvalue weighted by Gasteiger charge is -2.22. The van der Waals surface area contributed by atoms with Gasteiger partial charge in [-0.15, -0.1) is 0 Å². The van der Waals surface area contributed by atoms with E-state index >= 15 is 0 Å². The van der Waals surface area contributed by atoms with E-state index in [0.717, 1.165) is 81.1 Å². The van der Waals surface area contributed by atoms with Gasteiger partial charge in [-0.2, -0.15) is 0 Å². The van der Waals surface area contributed by atoms with Gasteiger partial charge in [-0.1, -0.05) is 49.2 Å². The van der Waals surface area contributed by atoms with Crippen molar-refractivity contribution >= 4 is 23.5 Å². The summed E-state index contributed by atoms with van der Waals surface area (Å²) in [5.74, 6) is -1.11. The molecule has 0 radical (unpaired) electrons. The molecule has 2 aromatic carbocycles. The van der Waals surface area contributed by atoms with E-state index in [-0.39, 0.29) is 54.2 Å². The Kier molecular flexibility index (Phi) is 8.04. The lowest BCUT2D eigenvalue weighted by atomic mass is 9.82. The largest absolute Gasteiger partial charge is 0.456 e. The first kappa shape index (κ1) is 27.8. The summed E-state index contributed by atoms with van der Waals surface area (Å²) in [5.41, 5.74) is 5.67. The average molecular weight is 559 g/mol. The number of benzene rings is 2. The maximum absolute atomic E-state index is 13.3. The summed E-state index contributed by atoms with van der Waals surface area (Å²) in [5, 5.41) is 6.21. The van der Waals surface area contributed by atoms with E-state index < -0.39 is 0 Å². The fraction of sp³-hybridized carbons (Fsp3) is 0.515. The number of hydrogen-bond donors (Lipinski definition) is 2. The number of hydrogen-bond acceptors (Lipinski definition) is 8. The molecule has 2 saturated heterocycles. The third-order valence-electron chi connectivity index (χ3n) is 9.40. The van der Waals surface area contributed by atoms with Gasteiger partial charge in [0.05, 0.1) is 0 Å². The lowest BCUT2D eigenvalue weighted by molar-refractivity contribution is -0.145. The van der Waals surface area contributed by atoms with E-state index in [9.17, 15) is 19.2 Å². The van der Waals surface area contributed by atoms with E-state index in [0.29, 0.717) is 11.1 Å². The van der Waals surface area contributed by atoms with E-state index in [1.807, 2.05) is 24.3 Å². The molecule has 1 saturated carbocycles. The molecule has 2 heterocycles. The van der Waals surface area contributed by atoms with Gasteiger partial charge >= 0.3 is 11.9 Å². The predicted octanol–water partition coefficient (Wildman–Crippen LogP) is 3.97. The summed E-state index contributed by atoms with van der Waals surface area (Å²) in [6.07, 6.45) is 9.86. The third-order valence-corrected chi connectivity index (χ3v) is 9.40. The number of carbonyl (C=O) groups excluding carboxylic acids is 4. The van der Waals surface area contributed by atoms with Gasteiger partial charge in [-0.25, -0.2) is 0 Å². The van der Waals surface area contributed by atoms with Crippen molar-refractivity contribution in [3.05, 3.63) is 58.7 Å². The monoisotopic (exact) mass is 558 g/mol. The van der Waals surface area contributed by atoms with Crippen molar-refractivity contribution < 1.29 is 28.7 Å². The van der Waals surface area contributed by atoms with Crippen LogP contribution in [0.1, 0.15) is 83.2 Å². The molecule has 4 aliphatic rings. The van der Waals surface area contributed by atoms with Crippen LogP contribution in [0.15, 0.2) is 36.4 Å². The molecule has 2 atom stereocenters. The second kappa shape index (κ2) is 11.9. The zero-order chi connectivity index (χ0) is 28.4. The fourth-order valence-electron chi connectivity index (χ4n) is 7.16. The predicted molar refractivity (Wildman–Crippen MR) is 153 cm³/mol. The van der Waals surface area contributed by atoms with Crippen molar-refractivity contribution in [1.29, 1.82) is 0 Å². The molecule has 41 heavy (non-hydrogen) atoms. The smallest absolute Gasteiger partial charge is 0.323 e. The van der Waals surface area contributed by atoms with E-state index in [1.54, 1.807) is 12.1 Å². The minimum absolute atomic E-state index is 0.155. The molecule has 3 fully saturated rings. The molecule has 0 amide bonds. The Balaban J connectivity index is 1.18. The molecule has 0 unspecified atom stereocenters. The SMILES string of the molecule is O=C(COC(=O)[C@@H]1CCCN1)c1ccc(-c2ccc(C(=O)COC(=O)[C@@H]3CCCN3)c3c2CC2(CCCC2)C3)cc1. The molecule has 2 aromatic rings. The minimum atomic E-state index is -0.372. The number of carbonyl (C=O) groups is 4. The van der Waals surface area contributed by atoms with Gasteiger partial charge in [0, 0.05) is 11.1 Å². The lowest BCUT2D eigenvalue weighted by Crippen LogP contribution is -2.33. The van der Waals surface area contributed by atoms with Crippen molar-refractivity contribution in [3.8, 4) is 11.1 Å². The number of ether oxygens (including phenoxy) is 2. The van der Waals surface area contributed by atoms with Crippen molar-refractivity contribution in [1.82, 2.24) is 10.6 Å². The molecule has 2 aliphatic heterocycles. The van der Waals surface area contributed by atoms with E-state index in [4.69, 9.17) is 9.47 Å². The topological polar surface area (TPSA) is 111 Å². The van der Waals surface area contributed by atoms with Crippen LogP contribution in [-0.4, -0.2) is 61.9 Å². The number of Topliss-reactive ketones (excluding diaryl/α,β-unsaturated/α-hetero) is 2. The number of rotatable bonds is 9. The first-order valence-electron chi connectivity index (χ1n) is 15.0. The number of ketones is 2. The Hall–Kier alpha value is -3.36. The molecular formula is C33H38N2O6. The molecule has 0 aromatic heterocycles. The highest BCUT2D eigenvalue weighted by molar-refractivity contribution is 6.01. The van der Waals surface area contributed by atoms with Crippen LogP contribution in [-0.2, 0) is 31.9 Å². The van der Waals surface area contributed by atoms with Crippen molar-refractivity contribution in [3.63, 3.8) is 0 Å². The highest BCUT2D eigenvalue weighted by Crippen LogP contribution is 2.51.